The minimum absolute atomic E-state index is 0.0305. The number of rotatable bonds is 9. The van der Waals surface area contributed by atoms with Crippen molar-refractivity contribution >= 4 is 17.6 Å². The van der Waals surface area contributed by atoms with Crippen molar-refractivity contribution in [3.8, 4) is 5.75 Å². The fourth-order valence-electron chi connectivity index (χ4n) is 4.55. The number of morpholine rings is 1. The van der Waals surface area contributed by atoms with E-state index in [9.17, 15) is 9.59 Å². The molecule has 1 fully saturated rings. The van der Waals surface area contributed by atoms with Crippen LogP contribution in [0, 0.1) is 0 Å². The number of benzene rings is 2. The number of methoxy groups -OCH3 is 1. The zero-order valence-electron chi connectivity index (χ0n) is 21.9. The van der Waals surface area contributed by atoms with Crippen LogP contribution in [-0.4, -0.2) is 91.5 Å². The van der Waals surface area contributed by atoms with Crippen molar-refractivity contribution < 1.29 is 19.1 Å². The second-order valence-corrected chi connectivity index (χ2v) is 9.62. The third kappa shape index (κ3) is 7.08. The Labute approximate surface area is 219 Å². The molecule has 1 unspecified atom stereocenters. The van der Waals surface area contributed by atoms with E-state index in [4.69, 9.17) is 14.6 Å². The highest BCUT2D eigenvalue weighted by Gasteiger charge is 2.34. The number of carbonyl (C=O) groups is 2. The second kappa shape index (κ2) is 12.7. The van der Waals surface area contributed by atoms with Crippen molar-refractivity contribution in [1.29, 1.82) is 0 Å². The van der Waals surface area contributed by atoms with Gasteiger partial charge >= 0.3 is 6.03 Å². The van der Waals surface area contributed by atoms with Gasteiger partial charge in [-0.25, -0.2) is 9.80 Å². The lowest BCUT2D eigenvalue weighted by atomic mass is 9.98. The predicted molar refractivity (Wildman–Crippen MR) is 143 cm³/mol. The van der Waals surface area contributed by atoms with Crippen LogP contribution < -0.4 is 10.1 Å². The van der Waals surface area contributed by atoms with Gasteiger partial charge in [0.15, 0.2) is 0 Å². The number of ether oxygens (including phenoxy) is 2. The molecule has 0 bridgehead atoms. The summed E-state index contributed by atoms with van der Waals surface area (Å²) in [6.45, 7) is 7.93. The maximum Gasteiger partial charge on any atom is 0.318 e. The largest absolute Gasteiger partial charge is 0.497 e. The number of hydrogen-bond donors (Lipinski definition) is 1. The van der Waals surface area contributed by atoms with E-state index in [2.05, 4.69) is 10.2 Å². The van der Waals surface area contributed by atoms with Gasteiger partial charge in [0.2, 0.25) is 0 Å². The first-order chi connectivity index (χ1) is 17.9. The lowest BCUT2D eigenvalue weighted by molar-refractivity contribution is -0.133. The molecule has 198 valence electrons. The summed E-state index contributed by atoms with van der Waals surface area (Å²) in [5, 5.41) is 9.26. The predicted octanol–water partition coefficient (Wildman–Crippen LogP) is 3.13. The molecule has 37 heavy (non-hydrogen) atoms. The molecule has 0 aromatic heterocycles. The second-order valence-electron chi connectivity index (χ2n) is 9.62. The molecular formula is C28H37N5O4. The number of carbonyl (C=O) groups excluding carboxylic acids is 2. The van der Waals surface area contributed by atoms with Crippen LogP contribution in [0.4, 0.5) is 4.79 Å². The number of amides is 3. The zero-order chi connectivity index (χ0) is 26.2. The van der Waals surface area contributed by atoms with Crippen molar-refractivity contribution in [2.45, 2.75) is 32.4 Å². The summed E-state index contributed by atoms with van der Waals surface area (Å²) in [5.41, 5.74) is 2.78. The molecule has 9 nitrogen and oxygen atoms in total. The summed E-state index contributed by atoms with van der Waals surface area (Å²) in [4.78, 5) is 30.6. The molecule has 1 atom stereocenters. The van der Waals surface area contributed by atoms with Crippen LogP contribution in [0.3, 0.4) is 0 Å². The molecule has 1 saturated heterocycles. The highest BCUT2D eigenvalue weighted by Crippen LogP contribution is 2.33. The van der Waals surface area contributed by atoms with Crippen LogP contribution in [0.1, 0.15) is 37.4 Å². The quantitative estimate of drug-likeness (QED) is 0.564. The van der Waals surface area contributed by atoms with Crippen molar-refractivity contribution in [2.24, 2.45) is 5.10 Å². The van der Waals surface area contributed by atoms with Gasteiger partial charge in [-0.1, -0.05) is 30.3 Å². The molecule has 1 N–H and O–H groups in total. The minimum Gasteiger partial charge on any atom is -0.497 e. The highest BCUT2D eigenvalue weighted by atomic mass is 16.5. The van der Waals surface area contributed by atoms with E-state index in [1.54, 1.807) is 17.0 Å². The first-order valence-electron chi connectivity index (χ1n) is 12.9. The first-order valence-corrected chi connectivity index (χ1v) is 12.9. The molecule has 4 rings (SSSR count). The molecule has 0 radical (unpaired) electrons. The number of nitrogens with zero attached hydrogens (tertiary/aromatic N) is 4. The Morgan fingerprint density at radius 1 is 1.11 bits per heavy atom. The van der Waals surface area contributed by atoms with Crippen molar-refractivity contribution in [2.75, 3.05) is 53.0 Å². The van der Waals surface area contributed by atoms with Gasteiger partial charge in [0, 0.05) is 38.6 Å². The molecule has 2 aliphatic rings. The van der Waals surface area contributed by atoms with Gasteiger partial charge in [0.05, 0.1) is 32.1 Å². The number of hydrogen-bond acceptors (Lipinski definition) is 6. The normalized spacial score (nSPS) is 18.0. The average Bonchev–Trinajstić information content (AvgIpc) is 3.37. The first kappa shape index (κ1) is 26.6. The Kier molecular flexibility index (Phi) is 9.14. The number of nitrogens with one attached hydrogen (secondary N) is 1. The molecule has 3 amide bonds. The summed E-state index contributed by atoms with van der Waals surface area (Å²) >= 11 is 0. The molecule has 0 saturated carbocycles. The van der Waals surface area contributed by atoms with Crippen LogP contribution in [0.2, 0.25) is 0 Å². The van der Waals surface area contributed by atoms with E-state index in [-0.39, 0.29) is 30.6 Å². The monoisotopic (exact) mass is 507 g/mol. The summed E-state index contributed by atoms with van der Waals surface area (Å²) in [6.07, 6.45) is 0.591. The van der Waals surface area contributed by atoms with Crippen LogP contribution in [-0.2, 0) is 9.53 Å². The van der Waals surface area contributed by atoms with Gasteiger partial charge in [0.25, 0.3) is 5.91 Å². The van der Waals surface area contributed by atoms with E-state index in [0.717, 1.165) is 35.7 Å². The lowest BCUT2D eigenvalue weighted by Crippen LogP contribution is -2.50. The molecule has 0 spiro atoms. The van der Waals surface area contributed by atoms with E-state index < -0.39 is 0 Å². The van der Waals surface area contributed by atoms with Crippen molar-refractivity contribution in [3.63, 3.8) is 0 Å². The topological polar surface area (TPSA) is 86.7 Å². The van der Waals surface area contributed by atoms with E-state index in [1.165, 1.54) is 0 Å². The van der Waals surface area contributed by atoms with Gasteiger partial charge < -0.3 is 19.7 Å². The molecular weight excluding hydrogens is 470 g/mol. The molecule has 2 heterocycles. The Bertz CT molecular complexity index is 1070. The lowest BCUT2D eigenvalue weighted by Gasteiger charge is -2.31. The minimum atomic E-state index is -0.244. The van der Waals surface area contributed by atoms with E-state index in [1.807, 2.05) is 68.4 Å². The van der Waals surface area contributed by atoms with Crippen LogP contribution >= 0.6 is 0 Å². The fourth-order valence-corrected chi connectivity index (χ4v) is 4.55. The van der Waals surface area contributed by atoms with Crippen LogP contribution in [0.25, 0.3) is 0 Å². The SMILES string of the molecule is COc1ccc(C2=NN(C(=O)CN(CCN3CCOCC3)C(=O)NC(C)C)C(c3ccccc3)C2)cc1. The summed E-state index contributed by atoms with van der Waals surface area (Å²) < 4.78 is 10.7. The average molecular weight is 508 g/mol. The summed E-state index contributed by atoms with van der Waals surface area (Å²) in [7, 11) is 1.63. The number of hydrazone groups is 1. The molecule has 2 aromatic carbocycles. The maximum atomic E-state index is 13.7. The van der Waals surface area contributed by atoms with Crippen molar-refractivity contribution in [1.82, 2.24) is 20.1 Å². The van der Waals surface area contributed by atoms with Gasteiger partial charge in [-0.05, 0) is 49.2 Å². The zero-order valence-corrected chi connectivity index (χ0v) is 21.9. The molecule has 9 heteroatoms. The standard InChI is InChI=1S/C28H37N5O4/c1-21(2)29-28(35)32(14-13-31-15-17-37-18-16-31)20-27(34)33-26(23-7-5-4-6-8-23)19-25(30-33)22-9-11-24(36-3)12-10-22/h4-12,21,26H,13-20H2,1-3H3,(H,29,35). The van der Waals surface area contributed by atoms with Crippen LogP contribution in [0.15, 0.2) is 59.7 Å². The maximum absolute atomic E-state index is 13.7. The number of urea groups is 1. The fraction of sp³-hybridized carbons (Fsp3) is 0.464. The van der Waals surface area contributed by atoms with E-state index >= 15 is 0 Å². The Morgan fingerprint density at radius 2 is 1.81 bits per heavy atom. The van der Waals surface area contributed by atoms with E-state index in [0.29, 0.717) is 32.7 Å². The van der Waals surface area contributed by atoms with Gasteiger partial charge in [-0.3, -0.25) is 9.69 Å². The van der Waals surface area contributed by atoms with Gasteiger partial charge in [0.1, 0.15) is 12.3 Å². The third-order valence-electron chi connectivity index (χ3n) is 6.59. The Balaban J connectivity index is 1.54. The highest BCUT2D eigenvalue weighted by molar-refractivity contribution is 6.03. The third-order valence-corrected chi connectivity index (χ3v) is 6.59. The molecule has 0 aliphatic carbocycles. The Hall–Kier alpha value is -3.43. The molecule has 2 aromatic rings. The smallest absolute Gasteiger partial charge is 0.318 e. The summed E-state index contributed by atoms with van der Waals surface area (Å²) in [5.74, 6) is 0.556. The molecule has 2 aliphatic heterocycles. The van der Waals surface area contributed by atoms with Gasteiger partial charge in [-0.2, -0.15) is 5.10 Å². The van der Waals surface area contributed by atoms with Crippen LogP contribution in [0.5, 0.6) is 5.75 Å². The van der Waals surface area contributed by atoms with Gasteiger partial charge in [-0.15, -0.1) is 0 Å². The summed E-state index contributed by atoms with van der Waals surface area (Å²) in [6, 6.07) is 17.1. The van der Waals surface area contributed by atoms with Crippen molar-refractivity contribution in [3.05, 3.63) is 65.7 Å². The Morgan fingerprint density at radius 3 is 2.46 bits per heavy atom.